The topological polar surface area (TPSA) is 64.7 Å². The molecule has 0 aromatic heterocycles. The number of carbonyl (C=O) groups is 1. The van der Waals surface area contributed by atoms with Gasteiger partial charge in [-0.05, 0) is 0 Å². The molecule has 3 nitrogen and oxygen atoms in total. The van der Waals surface area contributed by atoms with Crippen LogP contribution >= 0.6 is 0 Å². The highest BCUT2D eigenvalue weighted by Gasteiger charge is 2.04. The van der Waals surface area contributed by atoms with Crippen LogP contribution in [0.15, 0.2) is 0 Å². The molecule has 0 saturated heterocycles. The molecule has 0 aromatic carbocycles. The van der Waals surface area contributed by atoms with Crippen LogP contribution in [0.4, 0.5) is 0 Å². The molecule has 0 spiro atoms. The summed E-state index contributed by atoms with van der Waals surface area (Å²) < 4.78 is 0. The van der Waals surface area contributed by atoms with Gasteiger partial charge in [-0.1, -0.05) is 6.92 Å². The number of carbonyl (C=O) groups excluding carboxylic acids is 1. The molecule has 0 bridgehead atoms. The van der Waals surface area contributed by atoms with E-state index in [-0.39, 0.29) is 17.9 Å². The second-order valence-corrected chi connectivity index (χ2v) is 1.91. The maximum atomic E-state index is 10.7. The van der Waals surface area contributed by atoms with Crippen LogP contribution in [0.3, 0.4) is 0 Å². The third-order valence-corrected chi connectivity index (χ3v) is 1.14. The average molecular weight is 138 g/mol. The first-order chi connectivity index (χ1) is 4.72. The van der Waals surface area contributed by atoms with Crippen molar-refractivity contribution in [3.8, 4) is 6.07 Å². The lowest BCUT2D eigenvalue weighted by molar-refractivity contribution is -0.112. The Hall–Kier alpha value is -1.17. The molecule has 0 saturated carbocycles. The molecule has 0 heterocycles. The van der Waals surface area contributed by atoms with E-state index in [9.17, 15) is 4.79 Å². The lowest BCUT2D eigenvalue weighted by Gasteiger charge is -1.94. The minimum absolute atomic E-state index is 0.0732. The maximum absolute atomic E-state index is 10.7. The zero-order chi connectivity index (χ0) is 7.98. The molecular formula is C7H10N2O. The average Bonchev–Trinajstić information content (AvgIpc) is 1.98. The van der Waals surface area contributed by atoms with Gasteiger partial charge in [0.25, 0.3) is 0 Å². The molecular weight excluding hydrogens is 128 g/mol. The van der Waals surface area contributed by atoms with E-state index in [2.05, 4.69) is 0 Å². The molecule has 0 unspecified atom stereocenters. The Morgan fingerprint density at radius 2 is 2.30 bits per heavy atom. The number of nitrogens with one attached hydrogen (secondary N) is 1. The van der Waals surface area contributed by atoms with Crippen molar-refractivity contribution in [2.24, 2.45) is 0 Å². The fourth-order valence-corrected chi connectivity index (χ4v) is 0.534. The minimum Gasteiger partial charge on any atom is -0.302 e. The van der Waals surface area contributed by atoms with E-state index in [1.54, 1.807) is 6.92 Å². The van der Waals surface area contributed by atoms with Crippen molar-refractivity contribution in [3.05, 3.63) is 0 Å². The third kappa shape index (κ3) is 2.98. The molecule has 0 rings (SSSR count). The van der Waals surface area contributed by atoms with Crippen LogP contribution in [0.25, 0.3) is 0 Å². The fraction of sp³-hybridized carbons (Fsp3) is 0.571. The first-order valence-corrected chi connectivity index (χ1v) is 3.20. The fourth-order valence-electron chi connectivity index (χ4n) is 0.534. The van der Waals surface area contributed by atoms with Crippen LogP contribution in [0, 0.1) is 16.7 Å². The second kappa shape index (κ2) is 4.68. The maximum Gasteiger partial charge on any atom is 0.176 e. The normalized spacial score (nSPS) is 8.40. The van der Waals surface area contributed by atoms with Gasteiger partial charge in [0.15, 0.2) is 5.78 Å². The standard InChI is InChI=1S/C7H10N2O/c1-2-7(10)6(9)4-3-5-8/h9H,2-4H2,1H3. The van der Waals surface area contributed by atoms with E-state index < -0.39 is 0 Å². The van der Waals surface area contributed by atoms with E-state index in [0.717, 1.165) is 0 Å². The molecule has 0 aliphatic carbocycles. The summed E-state index contributed by atoms with van der Waals surface area (Å²) in [5.41, 5.74) is 0.0732. The molecule has 0 aliphatic heterocycles. The molecule has 54 valence electrons. The highest BCUT2D eigenvalue weighted by atomic mass is 16.1. The summed E-state index contributed by atoms with van der Waals surface area (Å²) in [4.78, 5) is 10.7. The monoisotopic (exact) mass is 138 g/mol. The number of rotatable bonds is 4. The molecule has 0 aliphatic rings. The summed E-state index contributed by atoms with van der Waals surface area (Å²) in [6, 6.07) is 1.88. The molecule has 0 radical (unpaired) electrons. The van der Waals surface area contributed by atoms with Crippen LogP contribution in [-0.4, -0.2) is 11.5 Å². The lowest BCUT2D eigenvalue weighted by atomic mass is 10.1. The molecule has 0 amide bonds. The number of hydrogen-bond acceptors (Lipinski definition) is 3. The van der Waals surface area contributed by atoms with E-state index in [4.69, 9.17) is 10.7 Å². The number of nitriles is 1. The summed E-state index contributed by atoms with van der Waals surface area (Å²) in [5, 5.41) is 15.2. The predicted octanol–water partition coefficient (Wildman–Crippen LogP) is 1.29. The van der Waals surface area contributed by atoms with Gasteiger partial charge in [-0.3, -0.25) is 4.79 Å². The Labute approximate surface area is 60.2 Å². The van der Waals surface area contributed by atoms with Gasteiger partial charge in [-0.15, -0.1) is 0 Å². The van der Waals surface area contributed by atoms with Gasteiger partial charge in [0.05, 0.1) is 11.8 Å². The van der Waals surface area contributed by atoms with Crippen molar-refractivity contribution >= 4 is 11.5 Å². The van der Waals surface area contributed by atoms with E-state index in [1.165, 1.54) is 0 Å². The number of Topliss-reactive ketones (excluding diaryl/α,β-unsaturated/α-hetero) is 1. The van der Waals surface area contributed by atoms with Gasteiger partial charge in [-0.2, -0.15) is 5.26 Å². The van der Waals surface area contributed by atoms with Crippen molar-refractivity contribution < 1.29 is 4.79 Å². The Kier molecular flexibility index (Phi) is 4.14. The largest absolute Gasteiger partial charge is 0.302 e. The van der Waals surface area contributed by atoms with Crippen molar-refractivity contribution in [2.45, 2.75) is 26.2 Å². The Morgan fingerprint density at radius 1 is 1.70 bits per heavy atom. The smallest absolute Gasteiger partial charge is 0.176 e. The summed E-state index contributed by atoms with van der Waals surface area (Å²) >= 11 is 0. The SMILES string of the molecule is CCC(=O)C(=N)CCC#N. The van der Waals surface area contributed by atoms with Gasteiger partial charge >= 0.3 is 0 Å². The lowest BCUT2D eigenvalue weighted by Crippen LogP contribution is -2.10. The molecule has 0 aromatic rings. The Morgan fingerprint density at radius 3 is 2.70 bits per heavy atom. The molecule has 3 heteroatoms. The van der Waals surface area contributed by atoms with Crippen LogP contribution in [0.1, 0.15) is 26.2 Å². The second-order valence-electron chi connectivity index (χ2n) is 1.91. The first kappa shape index (κ1) is 8.83. The minimum atomic E-state index is -0.157. The Bertz CT molecular complexity index is 179. The number of ketones is 1. The molecule has 0 fully saturated rings. The van der Waals surface area contributed by atoms with Crippen LogP contribution < -0.4 is 0 Å². The zero-order valence-electron chi connectivity index (χ0n) is 5.98. The summed E-state index contributed by atoms with van der Waals surface area (Å²) in [6.07, 6.45) is 0.929. The highest BCUT2D eigenvalue weighted by molar-refractivity contribution is 6.38. The highest BCUT2D eigenvalue weighted by Crippen LogP contribution is 1.93. The predicted molar refractivity (Wildman–Crippen MR) is 37.9 cm³/mol. The zero-order valence-corrected chi connectivity index (χ0v) is 5.98. The van der Waals surface area contributed by atoms with Gasteiger partial charge in [-0.25, -0.2) is 0 Å². The van der Waals surface area contributed by atoms with Crippen molar-refractivity contribution in [3.63, 3.8) is 0 Å². The van der Waals surface area contributed by atoms with E-state index in [0.29, 0.717) is 12.8 Å². The number of hydrogen-bond donors (Lipinski definition) is 1. The van der Waals surface area contributed by atoms with Gasteiger partial charge < -0.3 is 5.41 Å². The third-order valence-electron chi connectivity index (χ3n) is 1.14. The quantitative estimate of drug-likeness (QED) is 0.595. The molecule has 10 heavy (non-hydrogen) atoms. The Balaban J connectivity index is 3.65. The van der Waals surface area contributed by atoms with Crippen LogP contribution in [0.2, 0.25) is 0 Å². The summed E-state index contributed by atoms with van der Waals surface area (Å²) in [5.74, 6) is -0.157. The van der Waals surface area contributed by atoms with Crippen molar-refractivity contribution in [1.82, 2.24) is 0 Å². The molecule has 0 atom stereocenters. The van der Waals surface area contributed by atoms with Crippen molar-refractivity contribution in [2.75, 3.05) is 0 Å². The van der Waals surface area contributed by atoms with E-state index in [1.807, 2.05) is 6.07 Å². The van der Waals surface area contributed by atoms with Gasteiger partial charge in [0, 0.05) is 19.3 Å². The van der Waals surface area contributed by atoms with Crippen LogP contribution in [0.5, 0.6) is 0 Å². The van der Waals surface area contributed by atoms with Gasteiger partial charge in [0.2, 0.25) is 0 Å². The van der Waals surface area contributed by atoms with Crippen LogP contribution in [-0.2, 0) is 4.79 Å². The summed E-state index contributed by atoms with van der Waals surface area (Å²) in [7, 11) is 0. The van der Waals surface area contributed by atoms with Gasteiger partial charge in [0.1, 0.15) is 0 Å². The number of nitrogens with zero attached hydrogens (tertiary/aromatic N) is 1. The van der Waals surface area contributed by atoms with Crippen molar-refractivity contribution in [1.29, 1.82) is 10.7 Å². The van der Waals surface area contributed by atoms with E-state index >= 15 is 0 Å². The summed E-state index contributed by atoms with van der Waals surface area (Å²) in [6.45, 7) is 1.71. The molecule has 1 N–H and O–H groups in total. The first-order valence-electron chi connectivity index (χ1n) is 3.20.